The lowest BCUT2D eigenvalue weighted by Crippen LogP contribution is -2.01. The van der Waals surface area contributed by atoms with Crippen molar-refractivity contribution in [3.05, 3.63) is 50.9 Å². The van der Waals surface area contributed by atoms with Crippen LogP contribution in [0.5, 0.6) is 0 Å². The lowest BCUT2D eigenvalue weighted by atomic mass is 10.1. The summed E-state index contributed by atoms with van der Waals surface area (Å²) in [5.41, 5.74) is 2.95. The van der Waals surface area contributed by atoms with E-state index < -0.39 is 0 Å². The van der Waals surface area contributed by atoms with Crippen molar-refractivity contribution in [2.45, 2.75) is 6.92 Å². The van der Waals surface area contributed by atoms with Gasteiger partial charge in [0.1, 0.15) is 0 Å². The lowest BCUT2D eigenvalue weighted by molar-refractivity contribution is 0.104. The van der Waals surface area contributed by atoms with Gasteiger partial charge < -0.3 is 0 Å². The van der Waals surface area contributed by atoms with E-state index in [0.717, 1.165) is 5.69 Å². The molecular formula is C11H8ClNOS. The van der Waals surface area contributed by atoms with Gasteiger partial charge in [0.15, 0.2) is 0 Å². The summed E-state index contributed by atoms with van der Waals surface area (Å²) >= 11 is 7.29. The van der Waals surface area contributed by atoms with Crippen LogP contribution >= 0.6 is 22.9 Å². The average Bonchev–Trinajstić information content (AvgIpc) is 2.64. The molecule has 0 spiro atoms. The molecule has 0 saturated heterocycles. The van der Waals surface area contributed by atoms with E-state index in [1.165, 1.54) is 11.3 Å². The normalized spacial score (nSPS) is 10.3. The van der Waals surface area contributed by atoms with Gasteiger partial charge in [0, 0.05) is 5.56 Å². The van der Waals surface area contributed by atoms with Crippen molar-refractivity contribution in [3.63, 3.8) is 0 Å². The molecule has 76 valence electrons. The average molecular weight is 238 g/mol. The Labute approximate surface area is 96.5 Å². The second kappa shape index (κ2) is 4.13. The number of aromatic nitrogens is 1. The van der Waals surface area contributed by atoms with E-state index in [0.29, 0.717) is 15.5 Å². The molecule has 1 aromatic carbocycles. The summed E-state index contributed by atoms with van der Waals surface area (Å²) in [7, 11) is 0. The molecule has 1 aromatic heterocycles. The van der Waals surface area contributed by atoms with E-state index in [1.54, 1.807) is 29.8 Å². The second-order valence-corrected chi connectivity index (χ2v) is 4.34. The third-order valence-electron chi connectivity index (χ3n) is 2.07. The van der Waals surface area contributed by atoms with Crippen LogP contribution in [0.15, 0.2) is 29.8 Å². The highest BCUT2D eigenvalue weighted by molar-refractivity contribution is 7.12. The predicted molar refractivity (Wildman–Crippen MR) is 61.7 cm³/mol. The fourth-order valence-electron chi connectivity index (χ4n) is 1.29. The number of hydrogen-bond acceptors (Lipinski definition) is 3. The van der Waals surface area contributed by atoms with E-state index >= 15 is 0 Å². The first-order valence-electron chi connectivity index (χ1n) is 4.39. The molecule has 0 aliphatic rings. The SMILES string of the molecule is Cc1ncsc1C(=O)c1ccccc1Cl. The Kier molecular flexibility index (Phi) is 2.84. The maximum Gasteiger partial charge on any atom is 0.206 e. The lowest BCUT2D eigenvalue weighted by Gasteiger charge is -2.01. The predicted octanol–water partition coefficient (Wildman–Crippen LogP) is 3.34. The van der Waals surface area contributed by atoms with Crippen LogP contribution in [-0.4, -0.2) is 10.8 Å². The molecule has 2 nitrogen and oxygen atoms in total. The Morgan fingerprint density at radius 2 is 2.13 bits per heavy atom. The Balaban J connectivity index is 2.46. The summed E-state index contributed by atoms with van der Waals surface area (Å²) in [4.78, 5) is 16.7. The molecule has 0 saturated carbocycles. The summed E-state index contributed by atoms with van der Waals surface area (Å²) in [5.74, 6) is -0.0550. The fraction of sp³-hybridized carbons (Fsp3) is 0.0909. The number of halogens is 1. The first-order chi connectivity index (χ1) is 7.20. The highest BCUT2D eigenvalue weighted by atomic mass is 35.5. The first kappa shape index (κ1) is 10.3. The van der Waals surface area contributed by atoms with Crippen molar-refractivity contribution in [2.75, 3.05) is 0 Å². The molecule has 2 rings (SSSR count). The number of carbonyl (C=O) groups is 1. The largest absolute Gasteiger partial charge is 0.288 e. The minimum atomic E-state index is -0.0550. The molecule has 4 heteroatoms. The van der Waals surface area contributed by atoms with Crippen LogP contribution < -0.4 is 0 Å². The maximum absolute atomic E-state index is 12.0. The zero-order chi connectivity index (χ0) is 10.8. The number of thiazole rings is 1. The Morgan fingerprint density at radius 1 is 1.40 bits per heavy atom. The Hall–Kier alpha value is -1.19. The molecule has 0 amide bonds. The summed E-state index contributed by atoms with van der Waals surface area (Å²) in [6.07, 6.45) is 0. The third-order valence-corrected chi connectivity index (χ3v) is 3.33. The fourth-order valence-corrected chi connectivity index (χ4v) is 2.27. The van der Waals surface area contributed by atoms with Crippen molar-refractivity contribution >= 4 is 28.7 Å². The second-order valence-electron chi connectivity index (χ2n) is 3.08. The molecule has 0 aliphatic heterocycles. The molecule has 0 atom stereocenters. The summed E-state index contributed by atoms with van der Waals surface area (Å²) < 4.78 is 0. The van der Waals surface area contributed by atoms with E-state index in [9.17, 15) is 4.79 Å². The Morgan fingerprint density at radius 3 is 2.73 bits per heavy atom. The van der Waals surface area contributed by atoms with Gasteiger partial charge in [0.05, 0.1) is 21.1 Å². The molecule has 1 heterocycles. The van der Waals surface area contributed by atoms with Crippen LogP contribution in [0.3, 0.4) is 0 Å². The Bertz CT molecular complexity index is 507. The topological polar surface area (TPSA) is 30.0 Å². The van der Waals surface area contributed by atoms with Crippen LogP contribution in [0.25, 0.3) is 0 Å². The molecule has 0 unspecified atom stereocenters. The molecular weight excluding hydrogens is 230 g/mol. The summed E-state index contributed by atoms with van der Waals surface area (Å²) in [6.45, 7) is 1.82. The number of rotatable bonds is 2. The van der Waals surface area contributed by atoms with Crippen LogP contribution in [0, 0.1) is 6.92 Å². The van der Waals surface area contributed by atoms with E-state index in [2.05, 4.69) is 4.98 Å². The molecule has 0 aliphatic carbocycles. The zero-order valence-electron chi connectivity index (χ0n) is 8.03. The third kappa shape index (κ3) is 1.94. The van der Waals surface area contributed by atoms with Gasteiger partial charge in [0.25, 0.3) is 0 Å². The zero-order valence-corrected chi connectivity index (χ0v) is 9.60. The van der Waals surface area contributed by atoms with Crippen molar-refractivity contribution in [1.82, 2.24) is 4.98 Å². The van der Waals surface area contributed by atoms with Crippen LogP contribution in [0.1, 0.15) is 20.9 Å². The highest BCUT2D eigenvalue weighted by Gasteiger charge is 2.16. The van der Waals surface area contributed by atoms with Gasteiger partial charge in [-0.15, -0.1) is 11.3 Å². The molecule has 2 aromatic rings. The summed E-state index contributed by atoms with van der Waals surface area (Å²) in [6, 6.07) is 7.04. The van der Waals surface area contributed by atoms with Gasteiger partial charge in [-0.05, 0) is 19.1 Å². The molecule has 0 fully saturated rings. The van der Waals surface area contributed by atoms with Crippen molar-refractivity contribution in [2.24, 2.45) is 0 Å². The number of ketones is 1. The molecule has 15 heavy (non-hydrogen) atoms. The highest BCUT2D eigenvalue weighted by Crippen LogP contribution is 2.22. The number of benzene rings is 1. The molecule has 0 N–H and O–H groups in total. The first-order valence-corrected chi connectivity index (χ1v) is 5.65. The molecule has 0 bridgehead atoms. The monoisotopic (exact) mass is 237 g/mol. The smallest absolute Gasteiger partial charge is 0.206 e. The molecule has 0 radical (unpaired) electrons. The summed E-state index contributed by atoms with van der Waals surface area (Å²) in [5, 5.41) is 0.482. The van der Waals surface area contributed by atoms with Gasteiger partial charge in [0.2, 0.25) is 5.78 Å². The van der Waals surface area contributed by atoms with Crippen molar-refractivity contribution in [1.29, 1.82) is 0 Å². The van der Waals surface area contributed by atoms with E-state index in [4.69, 9.17) is 11.6 Å². The van der Waals surface area contributed by atoms with Gasteiger partial charge >= 0.3 is 0 Å². The quantitative estimate of drug-likeness (QED) is 0.750. The van der Waals surface area contributed by atoms with Crippen LogP contribution in [-0.2, 0) is 0 Å². The van der Waals surface area contributed by atoms with Crippen LogP contribution in [0.2, 0.25) is 5.02 Å². The number of aryl methyl sites for hydroxylation is 1. The number of hydrogen-bond donors (Lipinski definition) is 0. The van der Waals surface area contributed by atoms with Crippen molar-refractivity contribution in [3.8, 4) is 0 Å². The van der Waals surface area contributed by atoms with Crippen molar-refractivity contribution < 1.29 is 4.79 Å². The van der Waals surface area contributed by atoms with Gasteiger partial charge in [-0.2, -0.15) is 0 Å². The van der Waals surface area contributed by atoms with Gasteiger partial charge in [-0.25, -0.2) is 4.98 Å². The standard InChI is InChI=1S/C11H8ClNOS/c1-7-11(15-6-13-7)10(14)8-4-2-3-5-9(8)12/h2-6H,1H3. The van der Waals surface area contributed by atoms with E-state index in [-0.39, 0.29) is 5.78 Å². The number of nitrogens with zero attached hydrogens (tertiary/aromatic N) is 1. The minimum Gasteiger partial charge on any atom is -0.288 e. The maximum atomic E-state index is 12.0. The van der Waals surface area contributed by atoms with Gasteiger partial charge in [-0.1, -0.05) is 23.7 Å². The van der Waals surface area contributed by atoms with Gasteiger partial charge in [-0.3, -0.25) is 4.79 Å². The van der Waals surface area contributed by atoms with Crippen LogP contribution in [0.4, 0.5) is 0 Å². The number of carbonyl (C=O) groups excluding carboxylic acids is 1. The minimum absolute atomic E-state index is 0.0550. The van der Waals surface area contributed by atoms with E-state index in [1.807, 2.05) is 6.92 Å².